The van der Waals surface area contributed by atoms with Gasteiger partial charge < -0.3 is 19.6 Å². The summed E-state index contributed by atoms with van der Waals surface area (Å²) in [7, 11) is 0. The van der Waals surface area contributed by atoms with E-state index in [9.17, 15) is 9.90 Å². The predicted octanol–water partition coefficient (Wildman–Crippen LogP) is 4.52. The van der Waals surface area contributed by atoms with Gasteiger partial charge in [-0.05, 0) is 63.6 Å². The number of carbonyl (C=O) groups is 1. The molecule has 0 spiro atoms. The van der Waals surface area contributed by atoms with Crippen LogP contribution in [0.2, 0.25) is 0 Å². The maximum Gasteiger partial charge on any atom is 0.252 e. The summed E-state index contributed by atoms with van der Waals surface area (Å²) in [4.78, 5) is 17.8. The van der Waals surface area contributed by atoms with Gasteiger partial charge in [0.25, 0.3) is 5.91 Å². The molecule has 3 heterocycles. The number of amides is 1. The number of hydrogen-bond acceptors (Lipinski definition) is 6. The average molecular weight is 449 g/mol. The number of hydrogen-bond donors (Lipinski definition) is 2. The van der Waals surface area contributed by atoms with Crippen molar-refractivity contribution in [2.45, 2.75) is 45.9 Å². The van der Waals surface area contributed by atoms with Crippen LogP contribution in [0.15, 0.2) is 59.3 Å². The van der Waals surface area contributed by atoms with E-state index in [2.05, 4.69) is 15.4 Å². The molecule has 8 nitrogen and oxygen atoms in total. The van der Waals surface area contributed by atoms with Gasteiger partial charge in [-0.15, -0.1) is 0 Å². The molecule has 4 rings (SSSR count). The third kappa shape index (κ3) is 4.90. The van der Waals surface area contributed by atoms with E-state index in [1.54, 1.807) is 47.5 Å². The Labute approximate surface area is 192 Å². The lowest BCUT2D eigenvalue weighted by Crippen LogP contribution is -2.28. The zero-order valence-electron chi connectivity index (χ0n) is 19.1. The standard InChI is InChI=1S/C25H28N4O4/c1-15(2)29-24-20(13-27-29)19(12-21(28-24)23-9-6-10-32-23)25(31)26-14-22(30)17-7-5-8-18(11-17)33-16(3)4/h5-13,15-16,22,30H,14H2,1-4H3,(H,26,31). The van der Waals surface area contributed by atoms with Crippen molar-refractivity contribution in [3.05, 3.63) is 66.1 Å². The molecule has 1 unspecified atom stereocenters. The number of aliphatic hydroxyl groups is 1. The minimum absolute atomic E-state index is 0.0290. The van der Waals surface area contributed by atoms with Gasteiger partial charge in [0.05, 0.1) is 35.6 Å². The lowest BCUT2D eigenvalue weighted by Gasteiger charge is -2.15. The SMILES string of the molecule is CC(C)Oc1cccc(C(O)CNC(=O)c2cc(-c3ccco3)nc3c2cnn3C(C)C)c1. The van der Waals surface area contributed by atoms with Gasteiger partial charge in [-0.2, -0.15) is 5.10 Å². The third-order valence-electron chi connectivity index (χ3n) is 5.14. The Morgan fingerprint density at radius 1 is 1.18 bits per heavy atom. The molecule has 8 heteroatoms. The number of carbonyl (C=O) groups excluding carboxylic acids is 1. The molecule has 1 amide bonds. The maximum absolute atomic E-state index is 13.2. The second-order valence-corrected chi connectivity index (χ2v) is 8.42. The van der Waals surface area contributed by atoms with Crippen LogP contribution in [-0.2, 0) is 0 Å². The van der Waals surface area contributed by atoms with Crippen molar-refractivity contribution < 1.29 is 19.1 Å². The first-order chi connectivity index (χ1) is 15.8. The van der Waals surface area contributed by atoms with Crippen molar-refractivity contribution >= 4 is 16.9 Å². The second kappa shape index (κ2) is 9.46. The van der Waals surface area contributed by atoms with Crippen LogP contribution < -0.4 is 10.1 Å². The fourth-order valence-electron chi connectivity index (χ4n) is 3.60. The molecule has 0 bridgehead atoms. The maximum atomic E-state index is 13.2. The van der Waals surface area contributed by atoms with Crippen molar-refractivity contribution in [3.63, 3.8) is 0 Å². The molecule has 3 aromatic heterocycles. The molecule has 0 aliphatic rings. The summed E-state index contributed by atoms with van der Waals surface area (Å²) in [6, 6.07) is 12.6. The van der Waals surface area contributed by atoms with Crippen molar-refractivity contribution in [3.8, 4) is 17.2 Å². The largest absolute Gasteiger partial charge is 0.491 e. The molecule has 33 heavy (non-hydrogen) atoms. The van der Waals surface area contributed by atoms with Crippen LogP contribution in [0.1, 0.15) is 55.8 Å². The van der Waals surface area contributed by atoms with Crippen LogP contribution in [0.5, 0.6) is 5.75 Å². The van der Waals surface area contributed by atoms with Gasteiger partial charge in [-0.1, -0.05) is 12.1 Å². The smallest absolute Gasteiger partial charge is 0.252 e. The molecule has 0 fully saturated rings. The highest BCUT2D eigenvalue weighted by atomic mass is 16.5. The van der Waals surface area contributed by atoms with Gasteiger partial charge >= 0.3 is 0 Å². The number of pyridine rings is 1. The fraction of sp³-hybridized carbons (Fsp3) is 0.320. The van der Waals surface area contributed by atoms with E-state index in [4.69, 9.17) is 9.15 Å². The van der Waals surface area contributed by atoms with Crippen LogP contribution in [0.3, 0.4) is 0 Å². The summed E-state index contributed by atoms with van der Waals surface area (Å²) in [6.07, 6.45) is 2.35. The number of ether oxygens (including phenoxy) is 1. The van der Waals surface area contributed by atoms with Gasteiger partial charge in [-0.25, -0.2) is 9.67 Å². The summed E-state index contributed by atoms with van der Waals surface area (Å²) in [5.74, 6) is 0.907. The molecule has 0 radical (unpaired) electrons. The van der Waals surface area contributed by atoms with Crippen molar-refractivity contribution in [2.24, 2.45) is 0 Å². The summed E-state index contributed by atoms with van der Waals surface area (Å²) < 4.78 is 13.0. The Hall–Kier alpha value is -3.65. The van der Waals surface area contributed by atoms with E-state index < -0.39 is 6.10 Å². The van der Waals surface area contributed by atoms with E-state index in [1.807, 2.05) is 39.8 Å². The number of furan rings is 1. The van der Waals surface area contributed by atoms with Crippen LogP contribution >= 0.6 is 0 Å². The van der Waals surface area contributed by atoms with Crippen molar-refractivity contribution in [1.29, 1.82) is 0 Å². The number of aromatic nitrogens is 3. The molecule has 172 valence electrons. The van der Waals surface area contributed by atoms with Crippen molar-refractivity contribution in [2.75, 3.05) is 6.54 Å². The lowest BCUT2D eigenvalue weighted by atomic mass is 10.1. The molecular weight excluding hydrogens is 420 g/mol. The number of fused-ring (bicyclic) bond motifs is 1. The number of aliphatic hydroxyl groups excluding tert-OH is 1. The van der Waals surface area contributed by atoms with Crippen LogP contribution in [0.25, 0.3) is 22.5 Å². The minimum atomic E-state index is -0.884. The van der Waals surface area contributed by atoms with E-state index in [-0.39, 0.29) is 24.6 Å². The first-order valence-corrected chi connectivity index (χ1v) is 11.0. The average Bonchev–Trinajstić information content (AvgIpc) is 3.46. The molecule has 2 N–H and O–H groups in total. The fourth-order valence-corrected chi connectivity index (χ4v) is 3.60. The molecule has 4 aromatic rings. The zero-order chi connectivity index (χ0) is 23.5. The van der Waals surface area contributed by atoms with E-state index in [0.29, 0.717) is 39.4 Å². The van der Waals surface area contributed by atoms with E-state index >= 15 is 0 Å². The Morgan fingerprint density at radius 3 is 2.70 bits per heavy atom. The van der Waals surface area contributed by atoms with Crippen LogP contribution in [-0.4, -0.2) is 38.4 Å². The summed E-state index contributed by atoms with van der Waals surface area (Å²) in [6.45, 7) is 7.93. The molecule has 0 saturated carbocycles. The molecular formula is C25H28N4O4. The number of rotatable bonds is 8. The number of nitrogens with one attached hydrogen (secondary N) is 1. The summed E-state index contributed by atoms with van der Waals surface area (Å²) >= 11 is 0. The second-order valence-electron chi connectivity index (χ2n) is 8.42. The third-order valence-corrected chi connectivity index (χ3v) is 5.14. The Morgan fingerprint density at radius 2 is 2.00 bits per heavy atom. The number of benzene rings is 1. The molecule has 1 atom stereocenters. The topological polar surface area (TPSA) is 102 Å². The highest BCUT2D eigenvalue weighted by molar-refractivity contribution is 6.06. The Balaban J connectivity index is 1.59. The highest BCUT2D eigenvalue weighted by Gasteiger charge is 2.20. The van der Waals surface area contributed by atoms with E-state index in [0.717, 1.165) is 0 Å². The van der Waals surface area contributed by atoms with Gasteiger partial charge in [-0.3, -0.25) is 4.79 Å². The van der Waals surface area contributed by atoms with Crippen LogP contribution in [0.4, 0.5) is 0 Å². The molecule has 0 aliphatic carbocycles. The highest BCUT2D eigenvalue weighted by Crippen LogP contribution is 2.27. The van der Waals surface area contributed by atoms with E-state index in [1.165, 1.54) is 0 Å². The first-order valence-electron chi connectivity index (χ1n) is 11.0. The van der Waals surface area contributed by atoms with Gasteiger partial charge in [0, 0.05) is 12.6 Å². The van der Waals surface area contributed by atoms with Crippen LogP contribution in [0, 0.1) is 0 Å². The van der Waals surface area contributed by atoms with Gasteiger partial charge in [0.2, 0.25) is 0 Å². The monoisotopic (exact) mass is 448 g/mol. The Kier molecular flexibility index (Phi) is 6.46. The molecule has 0 saturated heterocycles. The van der Waals surface area contributed by atoms with Crippen molar-refractivity contribution in [1.82, 2.24) is 20.1 Å². The summed E-state index contributed by atoms with van der Waals surface area (Å²) in [5.41, 5.74) is 2.22. The number of nitrogens with zero attached hydrogens (tertiary/aromatic N) is 3. The molecule has 0 aliphatic heterocycles. The minimum Gasteiger partial charge on any atom is -0.491 e. The van der Waals surface area contributed by atoms with Gasteiger partial charge in [0.15, 0.2) is 11.4 Å². The quantitative estimate of drug-likeness (QED) is 0.411. The predicted molar refractivity (Wildman–Crippen MR) is 125 cm³/mol. The zero-order valence-corrected chi connectivity index (χ0v) is 19.1. The summed E-state index contributed by atoms with van der Waals surface area (Å²) in [5, 5.41) is 18.5. The lowest BCUT2D eigenvalue weighted by molar-refractivity contribution is 0.0918. The molecule has 1 aromatic carbocycles. The Bertz CT molecular complexity index is 1240. The first kappa shape index (κ1) is 22.5. The van der Waals surface area contributed by atoms with Gasteiger partial charge in [0.1, 0.15) is 11.4 Å². The normalized spacial score (nSPS) is 12.5.